The number of nitrogens with zero attached hydrogens (tertiary/aromatic N) is 2. The minimum Gasteiger partial charge on any atom is -0.333 e. The maximum atomic E-state index is 5.57. The maximum Gasteiger partial charge on any atom is 0.0949 e. The van der Waals surface area contributed by atoms with Gasteiger partial charge in [0.05, 0.1) is 6.33 Å². The van der Waals surface area contributed by atoms with Crippen LogP contribution in [0.5, 0.6) is 0 Å². The molecule has 3 heteroatoms. The van der Waals surface area contributed by atoms with Crippen molar-refractivity contribution in [1.82, 2.24) is 9.55 Å². The van der Waals surface area contributed by atoms with Crippen LogP contribution in [-0.4, -0.2) is 9.55 Å². The van der Waals surface area contributed by atoms with Crippen LogP contribution in [0.2, 0.25) is 0 Å². The predicted molar refractivity (Wildman–Crippen MR) is 55.7 cm³/mol. The van der Waals surface area contributed by atoms with E-state index in [2.05, 4.69) is 17.1 Å². The van der Waals surface area contributed by atoms with Crippen molar-refractivity contribution in [3.05, 3.63) is 54.1 Å². The zero-order chi connectivity index (χ0) is 9.80. The van der Waals surface area contributed by atoms with Gasteiger partial charge in [0.1, 0.15) is 0 Å². The Labute approximate surface area is 83.2 Å². The van der Waals surface area contributed by atoms with Gasteiger partial charge in [0, 0.05) is 25.5 Å². The molecule has 0 aliphatic carbocycles. The van der Waals surface area contributed by atoms with Crippen LogP contribution in [-0.2, 0) is 13.1 Å². The normalized spacial score (nSPS) is 10.4. The number of imidazole rings is 1. The van der Waals surface area contributed by atoms with Crippen LogP contribution in [0, 0.1) is 0 Å². The van der Waals surface area contributed by atoms with Crippen molar-refractivity contribution < 1.29 is 0 Å². The number of hydrogen-bond acceptors (Lipinski definition) is 2. The lowest BCUT2D eigenvalue weighted by Gasteiger charge is -2.04. The van der Waals surface area contributed by atoms with Crippen LogP contribution >= 0.6 is 0 Å². The SMILES string of the molecule is NCc1cccc(Cn2ccnc2)c1. The summed E-state index contributed by atoms with van der Waals surface area (Å²) in [7, 11) is 0. The average Bonchev–Trinajstić information content (AvgIpc) is 2.71. The highest BCUT2D eigenvalue weighted by Gasteiger charge is 1.95. The molecule has 0 radical (unpaired) electrons. The molecular formula is C11H13N3. The van der Waals surface area contributed by atoms with Gasteiger partial charge in [-0.3, -0.25) is 0 Å². The minimum atomic E-state index is 0.595. The highest BCUT2D eigenvalue weighted by molar-refractivity contribution is 5.23. The van der Waals surface area contributed by atoms with Crippen LogP contribution in [0.4, 0.5) is 0 Å². The second-order valence-corrected chi connectivity index (χ2v) is 3.26. The van der Waals surface area contributed by atoms with E-state index in [4.69, 9.17) is 5.73 Å². The minimum absolute atomic E-state index is 0.595. The number of aromatic nitrogens is 2. The first-order valence-electron chi connectivity index (χ1n) is 4.62. The first kappa shape index (κ1) is 8.97. The molecule has 0 fully saturated rings. The fraction of sp³-hybridized carbons (Fsp3) is 0.182. The lowest BCUT2D eigenvalue weighted by molar-refractivity contribution is 0.795. The molecule has 1 aromatic carbocycles. The topological polar surface area (TPSA) is 43.8 Å². The lowest BCUT2D eigenvalue weighted by atomic mass is 10.1. The highest BCUT2D eigenvalue weighted by atomic mass is 15.0. The molecule has 0 aliphatic rings. The Hall–Kier alpha value is -1.61. The Morgan fingerprint density at radius 2 is 2.14 bits per heavy atom. The van der Waals surface area contributed by atoms with E-state index in [1.807, 2.05) is 29.2 Å². The van der Waals surface area contributed by atoms with Crippen LogP contribution in [0.15, 0.2) is 43.0 Å². The standard InChI is InChI=1S/C11H13N3/c12-7-10-2-1-3-11(6-10)8-14-5-4-13-9-14/h1-6,9H,7-8,12H2. The average molecular weight is 187 g/mol. The summed E-state index contributed by atoms with van der Waals surface area (Å²) < 4.78 is 2.04. The highest BCUT2D eigenvalue weighted by Crippen LogP contribution is 2.06. The van der Waals surface area contributed by atoms with Crippen molar-refractivity contribution in [3.8, 4) is 0 Å². The molecule has 0 amide bonds. The van der Waals surface area contributed by atoms with E-state index >= 15 is 0 Å². The van der Waals surface area contributed by atoms with Gasteiger partial charge in [-0.25, -0.2) is 4.98 Å². The van der Waals surface area contributed by atoms with E-state index in [-0.39, 0.29) is 0 Å². The van der Waals surface area contributed by atoms with Gasteiger partial charge in [0.2, 0.25) is 0 Å². The van der Waals surface area contributed by atoms with Gasteiger partial charge in [0.25, 0.3) is 0 Å². The fourth-order valence-corrected chi connectivity index (χ4v) is 1.45. The summed E-state index contributed by atoms with van der Waals surface area (Å²) in [5.41, 5.74) is 8.00. The van der Waals surface area contributed by atoms with E-state index in [1.165, 1.54) is 11.1 Å². The number of nitrogens with two attached hydrogens (primary N) is 1. The second-order valence-electron chi connectivity index (χ2n) is 3.26. The first-order valence-corrected chi connectivity index (χ1v) is 4.62. The van der Waals surface area contributed by atoms with E-state index in [0.717, 1.165) is 6.54 Å². The Balaban J connectivity index is 2.17. The third kappa shape index (κ3) is 2.00. The van der Waals surface area contributed by atoms with Crippen LogP contribution in [0.1, 0.15) is 11.1 Å². The van der Waals surface area contributed by atoms with Gasteiger partial charge in [-0.05, 0) is 11.1 Å². The molecule has 1 heterocycles. The summed E-state index contributed by atoms with van der Waals surface area (Å²) in [6.07, 6.45) is 5.55. The molecular weight excluding hydrogens is 174 g/mol. The number of rotatable bonds is 3. The second kappa shape index (κ2) is 4.07. The first-order chi connectivity index (χ1) is 6.88. The van der Waals surface area contributed by atoms with Gasteiger partial charge in [-0.1, -0.05) is 24.3 Å². The van der Waals surface area contributed by atoms with E-state index in [1.54, 1.807) is 6.20 Å². The van der Waals surface area contributed by atoms with Crippen molar-refractivity contribution in [2.45, 2.75) is 13.1 Å². The Morgan fingerprint density at radius 1 is 1.29 bits per heavy atom. The van der Waals surface area contributed by atoms with Gasteiger partial charge in [-0.2, -0.15) is 0 Å². The molecule has 0 saturated heterocycles. The van der Waals surface area contributed by atoms with Gasteiger partial charge >= 0.3 is 0 Å². The quantitative estimate of drug-likeness (QED) is 0.789. The molecule has 0 unspecified atom stereocenters. The Kier molecular flexibility index (Phi) is 2.60. The summed E-state index contributed by atoms with van der Waals surface area (Å²) in [6.45, 7) is 1.45. The monoisotopic (exact) mass is 187 g/mol. The third-order valence-corrected chi connectivity index (χ3v) is 2.15. The predicted octanol–water partition coefficient (Wildman–Crippen LogP) is 1.39. The van der Waals surface area contributed by atoms with Gasteiger partial charge < -0.3 is 10.3 Å². The summed E-state index contributed by atoms with van der Waals surface area (Å²) in [5.74, 6) is 0. The molecule has 0 saturated carbocycles. The largest absolute Gasteiger partial charge is 0.333 e. The zero-order valence-electron chi connectivity index (χ0n) is 7.93. The molecule has 2 N–H and O–H groups in total. The molecule has 0 atom stereocenters. The summed E-state index contributed by atoms with van der Waals surface area (Å²) in [5, 5.41) is 0. The summed E-state index contributed by atoms with van der Waals surface area (Å²) in [4.78, 5) is 4.00. The van der Waals surface area contributed by atoms with Crippen molar-refractivity contribution in [1.29, 1.82) is 0 Å². The van der Waals surface area contributed by atoms with E-state index < -0.39 is 0 Å². The fourth-order valence-electron chi connectivity index (χ4n) is 1.45. The lowest BCUT2D eigenvalue weighted by Crippen LogP contribution is -2.00. The molecule has 0 aliphatic heterocycles. The smallest absolute Gasteiger partial charge is 0.0949 e. The van der Waals surface area contributed by atoms with Crippen LogP contribution < -0.4 is 5.73 Å². The Morgan fingerprint density at radius 3 is 2.86 bits per heavy atom. The molecule has 3 nitrogen and oxygen atoms in total. The van der Waals surface area contributed by atoms with Gasteiger partial charge in [0.15, 0.2) is 0 Å². The number of hydrogen-bond donors (Lipinski definition) is 1. The van der Waals surface area contributed by atoms with Crippen LogP contribution in [0.25, 0.3) is 0 Å². The molecule has 72 valence electrons. The molecule has 2 aromatic rings. The number of benzene rings is 1. The maximum absolute atomic E-state index is 5.57. The van der Waals surface area contributed by atoms with E-state index in [9.17, 15) is 0 Å². The molecule has 14 heavy (non-hydrogen) atoms. The van der Waals surface area contributed by atoms with Gasteiger partial charge in [-0.15, -0.1) is 0 Å². The van der Waals surface area contributed by atoms with E-state index in [0.29, 0.717) is 6.54 Å². The zero-order valence-corrected chi connectivity index (χ0v) is 7.93. The van der Waals surface area contributed by atoms with Crippen molar-refractivity contribution >= 4 is 0 Å². The third-order valence-electron chi connectivity index (χ3n) is 2.15. The summed E-state index contributed by atoms with van der Waals surface area (Å²) >= 11 is 0. The Bertz CT molecular complexity index is 393. The molecule has 0 bridgehead atoms. The van der Waals surface area contributed by atoms with Crippen molar-refractivity contribution in [2.24, 2.45) is 5.73 Å². The molecule has 2 rings (SSSR count). The molecule has 0 spiro atoms. The molecule has 1 aromatic heterocycles. The summed E-state index contributed by atoms with van der Waals surface area (Å²) in [6, 6.07) is 8.30. The van der Waals surface area contributed by atoms with Crippen molar-refractivity contribution in [3.63, 3.8) is 0 Å². The van der Waals surface area contributed by atoms with Crippen molar-refractivity contribution in [2.75, 3.05) is 0 Å². The van der Waals surface area contributed by atoms with Crippen LogP contribution in [0.3, 0.4) is 0 Å².